The van der Waals surface area contributed by atoms with Gasteiger partial charge in [-0.05, 0) is 40.2 Å². The van der Waals surface area contributed by atoms with E-state index in [1.165, 1.54) is 0 Å². The van der Waals surface area contributed by atoms with Crippen LogP contribution in [0.5, 0.6) is 0 Å². The van der Waals surface area contributed by atoms with Crippen molar-refractivity contribution in [2.75, 3.05) is 27.7 Å². The Labute approximate surface area is 173 Å². The minimum Gasteiger partial charge on any atom is -0.359 e. The van der Waals surface area contributed by atoms with Crippen molar-refractivity contribution in [3.05, 3.63) is 49.1 Å². The van der Waals surface area contributed by atoms with Gasteiger partial charge in [0.25, 0.3) is 0 Å². The van der Waals surface area contributed by atoms with Crippen molar-refractivity contribution >= 4 is 11.8 Å². The Morgan fingerprint density at radius 1 is 1.14 bits per heavy atom. The molecule has 0 aliphatic carbocycles. The van der Waals surface area contributed by atoms with Crippen LogP contribution in [0.1, 0.15) is 40.5 Å². The van der Waals surface area contributed by atoms with Crippen LogP contribution in [0.3, 0.4) is 0 Å². The van der Waals surface area contributed by atoms with Crippen LogP contribution in [0.15, 0.2) is 59.1 Å². The van der Waals surface area contributed by atoms with E-state index in [1.54, 1.807) is 7.05 Å². The van der Waals surface area contributed by atoms with E-state index < -0.39 is 0 Å². The minimum atomic E-state index is 0.128. The molecule has 0 saturated carbocycles. The van der Waals surface area contributed by atoms with Crippen LogP contribution in [-0.4, -0.2) is 56.5 Å². The van der Waals surface area contributed by atoms with Crippen molar-refractivity contribution in [3.63, 3.8) is 0 Å². The van der Waals surface area contributed by atoms with Crippen molar-refractivity contribution in [1.29, 1.82) is 0 Å². The predicted molar refractivity (Wildman–Crippen MR) is 126 cm³/mol. The van der Waals surface area contributed by atoms with Crippen LogP contribution < -0.4 is 10.6 Å². The molecule has 3 atom stereocenters. The molecule has 5 heteroatoms. The first kappa shape index (κ1) is 25.9. The Balaban J connectivity index is 5.13. The highest BCUT2D eigenvalue weighted by atomic mass is 15.2. The largest absolute Gasteiger partial charge is 0.359 e. The lowest BCUT2D eigenvalue weighted by molar-refractivity contribution is 0.513. The molecule has 0 aromatic heterocycles. The van der Waals surface area contributed by atoms with E-state index in [0.717, 1.165) is 25.2 Å². The maximum absolute atomic E-state index is 4.82. The molecule has 28 heavy (non-hydrogen) atoms. The van der Waals surface area contributed by atoms with E-state index in [0.29, 0.717) is 17.9 Å². The SMILES string of the molecule is C=CCN(C)C(CC(C)CC=CC)=NC(=NC)NC(C)/C=C\C=C/C(C)NC. The highest BCUT2D eigenvalue weighted by Gasteiger charge is 2.12. The van der Waals surface area contributed by atoms with Gasteiger partial charge in [-0.3, -0.25) is 4.99 Å². The van der Waals surface area contributed by atoms with Crippen molar-refractivity contribution in [1.82, 2.24) is 15.5 Å². The molecule has 0 heterocycles. The molecule has 0 aromatic carbocycles. The van der Waals surface area contributed by atoms with Gasteiger partial charge in [-0.15, -0.1) is 6.58 Å². The number of aliphatic imine (C=N–C) groups is 2. The number of hydrogen-bond donors (Lipinski definition) is 2. The van der Waals surface area contributed by atoms with E-state index in [1.807, 2.05) is 26.2 Å². The van der Waals surface area contributed by atoms with E-state index in [4.69, 9.17) is 4.99 Å². The highest BCUT2D eigenvalue weighted by Crippen LogP contribution is 2.12. The van der Waals surface area contributed by atoms with Gasteiger partial charge in [-0.25, -0.2) is 4.99 Å². The first-order chi connectivity index (χ1) is 13.4. The third-order valence-corrected chi connectivity index (χ3v) is 4.32. The Bertz CT molecular complexity index is 572. The van der Waals surface area contributed by atoms with E-state index in [-0.39, 0.29) is 6.04 Å². The average molecular weight is 388 g/mol. The Morgan fingerprint density at radius 3 is 2.32 bits per heavy atom. The normalized spacial score (nSPS) is 16.7. The topological polar surface area (TPSA) is 52.0 Å². The van der Waals surface area contributed by atoms with Gasteiger partial charge in [-0.1, -0.05) is 49.5 Å². The van der Waals surface area contributed by atoms with Gasteiger partial charge in [0.1, 0.15) is 5.84 Å². The molecule has 0 saturated heterocycles. The third kappa shape index (κ3) is 12.3. The molecule has 0 radical (unpaired) electrons. The zero-order chi connectivity index (χ0) is 21.4. The van der Waals surface area contributed by atoms with Gasteiger partial charge in [0.2, 0.25) is 5.96 Å². The standard InChI is InChI=1S/C23H41N5/c1-9-11-14-19(3)18-22(28(8)17-10-2)27-23(25-7)26-21(5)16-13-12-15-20(4)24-6/h9-13,15-16,19-21,24H,2,14,17-18H2,1,3-8H3,(H,25,26)/b11-9?,15-12-,16-13-,27-22?. The van der Waals surface area contributed by atoms with E-state index in [2.05, 4.69) is 85.2 Å². The number of amidine groups is 1. The monoisotopic (exact) mass is 387 g/mol. The van der Waals surface area contributed by atoms with Crippen LogP contribution in [0.2, 0.25) is 0 Å². The summed E-state index contributed by atoms with van der Waals surface area (Å²) >= 11 is 0. The number of guanidine groups is 1. The van der Waals surface area contributed by atoms with Crippen LogP contribution in [0.4, 0.5) is 0 Å². The Hall–Kier alpha value is -2.14. The molecule has 0 aliphatic rings. The van der Waals surface area contributed by atoms with Gasteiger partial charge in [-0.2, -0.15) is 0 Å². The van der Waals surface area contributed by atoms with Crippen molar-refractivity contribution in [2.45, 2.75) is 52.6 Å². The van der Waals surface area contributed by atoms with Gasteiger partial charge in [0, 0.05) is 39.1 Å². The Kier molecular flexibility index (Phi) is 14.7. The molecule has 0 spiro atoms. The molecule has 0 fully saturated rings. The molecule has 0 rings (SSSR count). The fourth-order valence-electron chi connectivity index (χ4n) is 2.43. The first-order valence-corrected chi connectivity index (χ1v) is 10.1. The quantitative estimate of drug-likeness (QED) is 0.242. The van der Waals surface area contributed by atoms with Crippen molar-refractivity contribution in [2.24, 2.45) is 15.9 Å². The predicted octanol–water partition coefficient (Wildman–Crippen LogP) is 4.18. The number of nitrogens with one attached hydrogen (secondary N) is 2. The molecule has 0 bridgehead atoms. The fourth-order valence-corrected chi connectivity index (χ4v) is 2.43. The molecule has 158 valence electrons. The lowest BCUT2D eigenvalue weighted by Gasteiger charge is -2.23. The van der Waals surface area contributed by atoms with Crippen molar-refractivity contribution in [3.8, 4) is 0 Å². The summed E-state index contributed by atoms with van der Waals surface area (Å²) in [6, 6.07) is 0.487. The lowest BCUT2D eigenvalue weighted by atomic mass is 10.0. The fraction of sp³-hybridized carbons (Fsp3) is 0.565. The smallest absolute Gasteiger partial charge is 0.219 e. The second kappa shape index (κ2) is 15.9. The molecule has 3 unspecified atom stereocenters. The van der Waals surface area contributed by atoms with Gasteiger partial charge < -0.3 is 15.5 Å². The summed E-state index contributed by atoms with van der Waals surface area (Å²) in [4.78, 5) is 11.3. The molecular formula is C23H41N5. The number of hydrogen-bond acceptors (Lipinski definition) is 2. The summed E-state index contributed by atoms with van der Waals surface area (Å²) in [6.07, 6.45) is 16.5. The Morgan fingerprint density at radius 2 is 1.79 bits per heavy atom. The van der Waals surface area contributed by atoms with Crippen LogP contribution in [0, 0.1) is 5.92 Å². The summed E-state index contributed by atoms with van der Waals surface area (Å²) in [5, 5.41) is 6.55. The van der Waals surface area contributed by atoms with E-state index in [9.17, 15) is 0 Å². The van der Waals surface area contributed by atoms with Gasteiger partial charge in [0.05, 0.1) is 0 Å². The van der Waals surface area contributed by atoms with E-state index >= 15 is 0 Å². The summed E-state index contributed by atoms with van der Waals surface area (Å²) in [5.74, 6) is 2.18. The van der Waals surface area contributed by atoms with Crippen molar-refractivity contribution < 1.29 is 0 Å². The van der Waals surface area contributed by atoms with Crippen LogP contribution >= 0.6 is 0 Å². The summed E-state index contributed by atoms with van der Waals surface area (Å²) in [6.45, 7) is 13.1. The van der Waals surface area contributed by atoms with Crippen LogP contribution in [-0.2, 0) is 0 Å². The van der Waals surface area contributed by atoms with Gasteiger partial charge >= 0.3 is 0 Å². The minimum absolute atomic E-state index is 0.128. The molecular weight excluding hydrogens is 346 g/mol. The van der Waals surface area contributed by atoms with Gasteiger partial charge in [0.15, 0.2) is 0 Å². The zero-order valence-electron chi connectivity index (χ0n) is 18.9. The molecule has 0 aliphatic heterocycles. The summed E-state index contributed by atoms with van der Waals surface area (Å²) in [5.41, 5.74) is 0. The molecule has 5 nitrogen and oxygen atoms in total. The second-order valence-electron chi connectivity index (χ2n) is 7.14. The number of rotatable bonds is 11. The lowest BCUT2D eigenvalue weighted by Crippen LogP contribution is -2.34. The summed E-state index contributed by atoms with van der Waals surface area (Å²) < 4.78 is 0. The average Bonchev–Trinajstić information content (AvgIpc) is 2.68. The molecule has 0 aromatic rings. The second-order valence-corrected chi connectivity index (χ2v) is 7.14. The maximum Gasteiger partial charge on any atom is 0.219 e. The number of nitrogens with zero attached hydrogens (tertiary/aromatic N) is 3. The number of likely N-dealkylation sites (N-methyl/N-ethyl adjacent to an activating group) is 2. The molecule has 0 amide bonds. The summed E-state index contributed by atoms with van der Waals surface area (Å²) in [7, 11) is 5.77. The third-order valence-electron chi connectivity index (χ3n) is 4.32. The number of allylic oxidation sites excluding steroid dienone is 4. The van der Waals surface area contributed by atoms with Crippen LogP contribution in [0.25, 0.3) is 0 Å². The highest BCUT2D eigenvalue weighted by molar-refractivity contribution is 5.96. The molecule has 2 N–H and O–H groups in total. The maximum atomic E-state index is 4.82. The zero-order valence-corrected chi connectivity index (χ0v) is 18.9. The first-order valence-electron chi connectivity index (χ1n) is 10.1.